The maximum atomic E-state index is 16.0. The fourth-order valence-electron chi connectivity index (χ4n) is 3.65. The summed E-state index contributed by atoms with van der Waals surface area (Å²) in [5.74, 6) is -0.995. The number of ether oxygens (including phenoxy) is 2. The number of benzene rings is 3. The molecule has 0 aliphatic heterocycles. The normalized spacial score (nSPS) is 12.1. The van der Waals surface area contributed by atoms with Gasteiger partial charge in [-0.15, -0.1) is 0 Å². The molecule has 188 valence electrons. The van der Waals surface area contributed by atoms with E-state index in [1.54, 1.807) is 76.2 Å². The molecular formula is C27H26F2IN3O3. The molecule has 0 fully saturated rings. The molecule has 9 heteroatoms. The summed E-state index contributed by atoms with van der Waals surface area (Å²) < 4.78 is 55.3. The van der Waals surface area contributed by atoms with Crippen molar-refractivity contribution in [3.63, 3.8) is 0 Å². The fourth-order valence-corrected chi connectivity index (χ4v) is 11.0. The van der Waals surface area contributed by atoms with E-state index in [1.165, 1.54) is 6.07 Å². The number of para-hydroxylation sites is 2. The molecule has 0 saturated carbocycles. The van der Waals surface area contributed by atoms with Gasteiger partial charge in [0.15, 0.2) is 0 Å². The van der Waals surface area contributed by atoms with Crippen LogP contribution in [-0.4, -0.2) is 22.8 Å². The number of alkyl halides is 2. The zero-order valence-corrected chi connectivity index (χ0v) is 22.4. The Kier molecular flexibility index (Phi) is 7.67. The van der Waals surface area contributed by atoms with Crippen LogP contribution >= 0.6 is 18.4 Å². The van der Waals surface area contributed by atoms with Crippen molar-refractivity contribution in [3.05, 3.63) is 88.0 Å². The Morgan fingerprint density at radius 1 is 0.694 bits per heavy atom. The Bertz CT molecular complexity index is 1330. The molecule has 3 aromatic carbocycles. The molecule has 0 bridgehead atoms. The Morgan fingerprint density at radius 3 is 1.61 bits per heavy atom. The number of halogens is 3. The summed E-state index contributed by atoms with van der Waals surface area (Å²) in [6, 6.07) is 19.7. The van der Waals surface area contributed by atoms with Crippen LogP contribution in [0.3, 0.4) is 0 Å². The van der Waals surface area contributed by atoms with Crippen LogP contribution in [0.5, 0.6) is 23.5 Å². The van der Waals surface area contributed by atoms with Crippen molar-refractivity contribution in [2.45, 2.75) is 35.5 Å². The van der Waals surface area contributed by atoms with Gasteiger partial charge in [-0.2, -0.15) is 0 Å². The number of nitrogens with zero attached hydrogens (tertiary/aromatic N) is 3. The maximum absolute atomic E-state index is 16.0. The first kappa shape index (κ1) is 25.7. The van der Waals surface area contributed by atoms with Gasteiger partial charge in [0, 0.05) is 0 Å². The summed E-state index contributed by atoms with van der Waals surface area (Å²) in [6.45, 7) is 6.93. The fraction of sp³-hybridized carbons (Fsp3) is 0.222. The minimum absolute atomic E-state index is 0.116. The molecule has 1 aromatic heterocycles. The zero-order valence-electron chi connectivity index (χ0n) is 20.3. The average Bonchev–Trinajstić information content (AvgIpc) is 2.85. The topological polar surface area (TPSA) is 74.2 Å². The third-order valence-electron chi connectivity index (χ3n) is 5.37. The quantitative estimate of drug-likeness (QED) is 0.116. The number of hydrogen-bond acceptors (Lipinski definition) is 6. The minimum atomic E-state index is -4.35. The summed E-state index contributed by atoms with van der Waals surface area (Å²) in [4.78, 5) is 12.8. The van der Waals surface area contributed by atoms with Crippen molar-refractivity contribution < 1.29 is 21.3 Å². The van der Waals surface area contributed by atoms with Crippen molar-refractivity contribution in [3.8, 4) is 34.9 Å². The van der Waals surface area contributed by atoms with E-state index in [0.29, 0.717) is 11.5 Å². The van der Waals surface area contributed by atoms with Crippen LogP contribution < -0.4 is 9.47 Å². The van der Waals surface area contributed by atoms with E-state index in [0.717, 1.165) is 6.07 Å². The Labute approximate surface area is 212 Å². The van der Waals surface area contributed by atoms with Gasteiger partial charge in [0.2, 0.25) is 0 Å². The predicted molar refractivity (Wildman–Crippen MR) is 142 cm³/mol. The number of aromatic nitrogens is 3. The molecule has 0 unspecified atom stereocenters. The van der Waals surface area contributed by atoms with Gasteiger partial charge in [0.05, 0.1) is 0 Å². The molecule has 36 heavy (non-hydrogen) atoms. The Hall–Kier alpha value is -3.34. The van der Waals surface area contributed by atoms with E-state index < -0.39 is 37.9 Å². The van der Waals surface area contributed by atoms with Gasteiger partial charge in [0.1, 0.15) is 0 Å². The number of hydrogen-bond donors (Lipinski definition) is 0. The molecule has 0 spiro atoms. The second-order valence-electron chi connectivity index (χ2n) is 8.40. The SMILES string of the molecule is CC(C)I(=O)(c1c(F)ccc(-c2nc(Oc3ccccc3)nc(Oc3ccccc3)n2)c1F)C(C)C. The van der Waals surface area contributed by atoms with E-state index in [9.17, 15) is 7.46 Å². The van der Waals surface area contributed by atoms with E-state index in [-0.39, 0.29) is 27.0 Å². The molecule has 0 atom stereocenters. The van der Waals surface area contributed by atoms with Gasteiger partial charge >= 0.3 is 213 Å². The first-order chi connectivity index (χ1) is 17.2. The summed E-state index contributed by atoms with van der Waals surface area (Å²) in [6.07, 6.45) is 0. The van der Waals surface area contributed by atoms with Crippen LogP contribution in [0.4, 0.5) is 8.78 Å². The second-order valence-corrected chi connectivity index (χ2v) is 17.9. The first-order valence-electron chi connectivity index (χ1n) is 11.4. The number of rotatable bonds is 8. The molecule has 0 aliphatic carbocycles. The van der Waals surface area contributed by atoms with Gasteiger partial charge in [-0.05, 0) is 0 Å². The summed E-state index contributed by atoms with van der Waals surface area (Å²) in [5, 5.41) is 0. The van der Waals surface area contributed by atoms with Crippen molar-refractivity contribution in [2.24, 2.45) is 0 Å². The molecule has 0 saturated heterocycles. The standard InChI is InChI=1S/C27H26F2IN3O3/c1-17(2)30(34,18(3)4)24-22(28)16-15-21(23(24)29)25-31-26(35-19-11-7-5-8-12-19)33-27(32-25)36-20-13-9-6-10-14-20/h5-18H,1-4H3. The van der Waals surface area contributed by atoms with Gasteiger partial charge in [-0.25, -0.2) is 0 Å². The van der Waals surface area contributed by atoms with E-state index in [4.69, 9.17) is 9.47 Å². The van der Waals surface area contributed by atoms with Crippen LogP contribution in [0.25, 0.3) is 11.4 Å². The van der Waals surface area contributed by atoms with Crippen LogP contribution in [0.15, 0.2) is 72.8 Å². The van der Waals surface area contributed by atoms with Crippen LogP contribution in [0.2, 0.25) is 0 Å². The molecule has 0 amide bonds. The van der Waals surface area contributed by atoms with Crippen LogP contribution in [0, 0.1) is 15.2 Å². The molecule has 1 heterocycles. The van der Waals surface area contributed by atoms with Crippen molar-refractivity contribution in [1.29, 1.82) is 0 Å². The molecule has 6 nitrogen and oxygen atoms in total. The molecule has 0 aliphatic rings. The molecule has 0 N–H and O–H groups in total. The monoisotopic (exact) mass is 605 g/mol. The summed E-state index contributed by atoms with van der Waals surface area (Å²) in [5.41, 5.74) is -0.116. The predicted octanol–water partition coefficient (Wildman–Crippen LogP) is 7.78. The third kappa shape index (κ3) is 5.25. The van der Waals surface area contributed by atoms with Crippen LogP contribution in [-0.2, 0) is 3.07 Å². The van der Waals surface area contributed by atoms with E-state index >= 15 is 4.39 Å². The summed E-state index contributed by atoms with van der Waals surface area (Å²) in [7, 11) is 0. The molecule has 0 radical (unpaired) electrons. The second kappa shape index (κ2) is 10.7. The Balaban J connectivity index is 1.87. The van der Waals surface area contributed by atoms with Gasteiger partial charge in [0.25, 0.3) is 0 Å². The van der Waals surface area contributed by atoms with Gasteiger partial charge < -0.3 is 0 Å². The van der Waals surface area contributed by atoms with E-state index in [2.05, 4.69) is 15.0 Å². The van der Waals surface area contributed by atoms with Crippen LogP contribution in [0.1, 0.15) is 27.7 Å². The molecule has 4 rings (SSSR count). The van der Waals surface area contributed by atoms with Crippen molar-refractivity contribution in [1.82, 2.24) is 15.0 Å². The van der Waals surface area contributed by atoms with Gasteiger partial charge in [-0.1, -0.05) is 0 Å². The molecule has 4 aromatic rings. The first-order valence-corrected chi connectivity index (χ1v) is 15.8. The third-order valence-corrected chi connectivity index (χ3v) is 15.4. The zero-order chi connectivity index (χ0) is 25.9. The average molecular weight is 605 g/mol. The van der Waals surface area contributed by atoms with E-state index in [1.807, 2.05) is 12.1 Å². The van der Waals surface area contributed by atoms with Crippen molar-refractivity contribution >= 4 is 18.4 Å². The summed E-state index contributed by atoms with van der Waals surface area (Å²) >= 11 is -4.35. The molecular weight excluding hydrogens is 579 g/mol. The van der Waals surface area contributed by atoms with Crippen molar-refractivity contribution in [2.75, 3.05) is 0 Å². The Morgan fingerprint density at radius 2 is 1.17 bits per heavy atom. The van der Waals surface area contributed by atoms with Gasteiger partial charge in [-0.3, -0.25) is 0 Å².